The molecule has 0 aromatic heterocycles. The lowest BCUT2D eigenvalue weighted by Gasteiger charge is -2.52. The molecule has 1 atom stereocenters. The minimum absolute atomic E-state index is 0.0846. The van der Waals surface area contributed by atoms with Gasteiger partial charge < -0.3 is 19.7 Å². The maximum absolute atomic E-state index is 13.2. The molecule has 1 aromatic carbocycles. The first-order valence-electron chi connectivity index (χ1n) is 9.32. The lowest BCUT2D eigenvalue weighted by molar-refractivity contribution is -0.118. The number of halogens is 1. The van der Waals surface area contributed by atoms with Gasteiger partial charge in [-0.15, -0.1) is 0 Å². The van der Waals surface area contributed by atoms with Gasteiger partial charge in [0.1, 0.15) is 11.4 Å². The van der Waals surface area contributed by atoms with Gasteiger partial charge in [-0.25, -0.2) is 17.6 Å². The SMILES string of the molecule is O=C(Nc1cccc(F)c1)N1CC2(C1)CS(=O)(=O)[C@@H](CN1CCOCC1)CO2. The van der Waals surface area contributed by atoms with Crippen LogP contribution in [0.1, 0.15) is 0 Å². The number of morpholine rings is 1. The highest BCUT2D eigenvalue weighted by Crippen LogP contribution is 2.33. The monoisotopic (exact) mass is 413 g/mol. The Morgan fingerprint density at radius 3 is 2.71 bits per heavy atom. The molecular formula is C18H24FN3O5S. The summed E-state index contributed by atoms with van der Waals surface area (Å²) in [6.45, 7) is 3.69. The van der Waals surface area contributed by atoms with Gasteiger partial charge >= 0.3 is 6.03 Å². The van der Waals surface area contributed by atoms with Crippen LogP contribution in [0.25, 0.3) is 0 Å². The van der Waals surface area contributed by atoms with E-state index in [1.165, 1.54) is 23.1 Å². The van der Waals surface area contributed by atoms with Crippen LogP contribution in [0.15, 0.2) is 24.3 Å². The fourth-order valence-corrected chi connectivity index (χ4v) is 5.83. The third-order valence-corrected chi connectivity index (χ3v) is 7.66. The minimum atomic E-state index is -3.32. The second-order valence-corrected chi connectivity index (χ2v) is 9.91. The van der Waals surface area contributed by atoms with Crippen molar-refractivity contribution in [2.75, 3.05) is 63.6 Å². The minimum Gasteiger partial charge on any atom is -0.379 e. The molecule has 28 heavy (non-hydrogen) atoms. The first kappa shape index (κ1) is 19.6. The fourth-order valence-electron chi connectivity index (χ4n) is 3.88. The molecule has 0 unspecified atom stereocenters. The zero-order valence-electron chi connectivity index (χ0n) is 15.5. The van der Waals surface area contributed by atoms with Gasteiger partial charge in [-0.05, 0) is 18.2 Å². The topological polar surface area (TPSA) is 88.2 Å². The summed E-state index contributed by atoms with van der Waals surface area (Å²) in [6.07, 6.45) is 0. The number of amides is 2. The predicted octanol–water partition coefficient (Wildman–Crippen LogP) is 0.558. The highest BCUT2D eigenvalue weighted by atomic mass is 32.2. The van der Waals surface area contributed by atoms with Crippen molar-refractivity contribution in [3.63, 3.8) is 0 Å². The number of carbonyl (C=O) groups excluding carboxylic acids is 1. The summed E-state index contributed by atoms with van der Waals surface area (Å²) in [5.74, 6) is -0.524. The summed E-state index contributed by atoms with van der Waals surface area (Å²) in [7, 11) is -3.32. The van der Waals surface area contributed by atoms with Crippen LogP contribution in [0.3, 0.4) is 0 Å². The molecule has 154 valence electrons. The third-order valence-electron chi connectivity index (χ3n) is 5.43. The van der Waals surface area contributed by atoms with Crippen molar-refractivity contribution in [1.82, 2.24) is 9.80 Å². The second-order valence-electron chi connectivity index (χ2n) is 7.63. The number of carbonyl (C=O) groups is 1. The number of nitrogens with one attached hydrogen (secondary N) is 1. The molecule has 0 radical (unpaired) electrons. The van der Waals surface area contributed by atoms with E-state index in [2.05, 4.69) is 10.2 Å². The van der Waals surface area contributed by atoms with Crippen LogP contribution in [-0.4, -0.2) is 93.4 Å². The standard InChI is InChI=1S/C18H24FN3O5S/c19-14-2-1-3-15(8-14)20-17(23)22-11-18(12-22)13-28(24,25)16(10-27-18)9-21-4-6-26-7-5-21/h1-3,8,16H,4-7,9-13H2,(H,20,23)/t16-/m0/s1. The van der Waals surface area contributed by atoms with Crippen molar-refractivity contribution in [3.8, 4) is 0 Å². The molecule has 0 aliphatic carbocycles. The summed E-state index contributed by atoms with van der Waals surface area (Å²) in [5, 5.41) is 2.06. The van der Waals surface area contributed by atoms with Crippen molar-refractivity contribution < 1.29 is 27.1 Å². The number of sulfone groups is 1. The van der Waals surface area contributed by atoms with E-state index in [-0.39, 0.29) is 25.4 Å². The smallest absolute Gasteiger partial charge is 0.322 e. The quantitative estimate of drug-likeness (QED) is 0.779. The number of likely N-dealkylation sites (tertiary alicyclic amines) is 1. The number of anilines is 1. The van der Waals surface area contributed by atoms with Crippen LogP contribution >= 0.6 is 0 Å². The number of hydrogen-bond donors (Lipinski definition) is 1. The number of benzene rings is 1. The van der Waals surface area contributed by atoms with Gasteiger partial charge in [-0.3, -0.25) is 4.90 Å². The molecule has 3 fully saturated rings. The van der Waals surface area contributed by atoms with E-state index in [1.54, 1.807) is 6.07 Å². The molecule has 10 heteroatoms. The molecule has 1 N–H and O–H groups in total. The van der Waals surface area contributed by atoms with Gasteiger partial charge in [-0.2, -0.15) is 0 Å². The highest BCUT2D eigenvalue weighted by molar-refractivity contribution is 7.92. The molecule has 1 aromatic rings. The van der Waals surface area contributed by atoms with E-state index < -0.39 is 32.5 Å². The Balaban J connectivity index is 1.31. The zero-order chi connectivity index (χ0) is 19.8. The zero-order valence-corrected chi connectivity index (χ0v) is 16.3. The molecule has 2 amide bonds. The van der Waals surface area contributed by atoms with Gasteiger partial charge in [0.2, 0.25) is 0 Å². The van der Waals surface area contributed by atoms with E-state index in [0.29, 0.717) is 25.4 Å². The van der Waals surface area contributed by atoms with Crippen molar-refractivity contribution in [1.29, 1.82) is 0 Å². The molecule has 3 aliphatic rings. The van der Waals surface area contributed by atoms with Gasteiger partial charge in [0.15, 0.2) is 9.84 Å². The van der Waals surface area contributed by atoms with E-state index in [9.17, 15) is 17.6 Å². The molecular weight excluding hydrogens is 389 g/mol. The average molecular weight is 413 g/mol. The Kier molecular flexibility index (Phi) is 5.30. The van der Waals surface area contributed by atoms with E-state index >= 15 is 0 Å². The lowest BCUT2D eigenvalue weighted by atomic mass is 9.96. The third kappa shape index (κ3) is 4.14. The largest absolute Gasteiger partial charge is 0.379 e. The van der Waals surface area contributed by atoms with E-state index in [1.807, 2.05) is 0 Å². The van der Waals surface area contributed by atoms with Crippen molar-refractivity contribution >= 4 is 21.6 Å². The maximum Gasteiger partial charge on any atom is 0.322 e. The number of nitrogens with zero attached hydrogens (tertiary/aromatic N) is 2. The Morgan fingerprint density at radius 2 is 2.04 bits per heavy atom. The average Bonchev–Trinajstić information content (AvgIpc) is 2.62. The van der Waals surface area contributed by atoms with Crippen molar-refractivity contribution in [2.24, 2.45) is 0 Å². The molecule has 4 rings (SSSR count). The van der Waals surface area contributed by atoms with Crippen LogP contribution in [0.5, 0.6) is 0 Å². The number of hydrogen-bond acceptors (Lipinski definition) is 6. The molecule has 1 spiro atoms. The summed E-state index contributed by atoms with van der Waals surface area (Å²) >= 11 is 0. The van der Waals surface area contributed by atoms with Gasteiger partial charge in [-0.1, -0.05) is 6.07 Å². The van der Waals surface area contributed by atoms with Crippen LogP contribution in [0.2, 0.25) is 0 Å². The highest BCUT2D eigenvalue weighted by Gasteiger charge is 2.54. The van der Waals surface area contributed by atoms with Crippen LogP contribution in [-0.2, 0) is 19.3 Å². The molecule has 3 saturated heterocycles. The Hall–Kier alpha value is -1.75. The van der Waals surface area contributed by atoms with E-state index in [4.69, 9.17) is 9.47 Å². The van der Waals surface area contributed by atoms with Crippen LogP contribution in [0.4, 0.5) is 14.9 Å². The second kappa shape index (κ2) is 7.58. The first-order chi connectivity index (χ1) is 13.4. The first-order valence-corrected chi connectivity index (χ1v) is 11.0. The lowest BCUT2D eigenvalue weighted by Crippen LogP contribution is -2.71. The van der Waals surface area contributed by atoms with Gasteiger partial charge in [0.05, 0.1) is 43.9 Å². The fraction of sp³-hybridized carbons (Fsp3) is 0.611. The molecule has 8 nitrogen and oxygen atoms in total. The Bertz CT molecular complexity index is 837. The Labute approximate surface area is 163 Å². The van der Waals surface area contributed by atoms with Crippen LogP contribution < -0.4 is 5.32 Å². The van der Waals surface area contributed by atoms with Crippen LogP contribution in [0, 0.1) is 5.82 Å². The normalized spacial score (nSPS) is 26.6. The molecule has 0 bridgehead atoms. The van der Waals surface area contributed by atoms with Gasteiger partial charge in [0, 0.05) is 25.3 Å². The summed E-state index contributed by atoms with van der Waals surface area (Å²) in [5.41, 5.74) is -0.478. The number of rotatable bonds is 3. The van der Waals surface area contributed by atoms with Gasteiger partial charge in [0.25, 0.3) is 0 Å². The van der Waals surface area contributed by atoms with E-state index in [0.717, 1.165) is 13.1 Å². The summed E-state index contributed by atoms with van der Waals surface area (Å²) in [4.78, 5) is 15.9. The Morgan fingerprint density at radius 1 is 1.29 bits per heavy atom. The number of ether oxygens (including phenoxy) is 2. The molecule has 0 saturated carbocycles. The summed E-state index contributed by atoms with van der Waals surface area (Å²) in [6, 6.07) is 5.23. The number of urea groups is 1. The molecule has 3 heterocycles. The van der Waals surface area contributed by atoms with Crippen molar-refractivity contribution in [3.05, 3.63) is 30.1 Å². The molecule has 3 aliphatic heterocycles. The predicted molar refractivity (Wildman–Crippen MR) is 101 cm³/mol. The summed E-state index contributed by atoms with van der Waals surface area (Å²) < 4.78 is 50.0. The maximum atomic E-state index is 13.2. The van der Waals surface area contributed by atoms with Crippen molar-refractivity contribution in [2.45, 2.75) is 10.9 Å².